The molecule has 1 aliphatic carbocycles. The maximum Gasteiger partial charge on any atom is 0.166 e. The zero-order chi connectivity index (χ0) is 11.1. The van der Waals surface area contributed by atoms with Crippen LogP contribution in [-0.4, -0.2) is 40.6 Å². The first kappa shape index (κ1) is 12.7. The van der Waals surface area contributed by atoms with Crippen LogP contribution in [0.3, 0.4) is 0 Å². The maximum absolute atomic E-state index is 9.11. The third-order valence-electron chi connectivity index (χ3n) is 2.65. The normalized spacial score (nSPS) is 19.6. The quantitative estimate of drug-likeness (QED) is 0.519. The molecule has 0 heterocycles. The number of hydrogen-bond donors (Lipinski definition) is 4. The van der Waals surface area contributed by atoms with Gasteiger partial charge in [0.05, 0.1) is 12.7 Å². The first-order chi connectivity index (χ1) is 7.22. The van der Waals surface area contributed by atoms with Crippen LogP contribution in [0.5, 0.6) is 0 Å². The highest BCUT2D eigenvalue weighted by atomic mass is 32.1. The molecule has 4 nitrogen and oxygen atoms in total. The minimum absolute atomic E-state index is 0.237. The van der Waals surface area contributed by atoms with Gasteiger partial charge in [0.15, 0.2) is 5.11 Å². The lowest BCUT2D eigenvalue weighted by molar-refractivity contribution is 0.0981. The van der Waals surface area contributed by atoms with Crippen LogP contribution in [-0.2, 0) is 0 Å². The number of thiocarbonyl (C=S) groups is 1. The Morgan fingerprint density at radius 1 is 1.33 bits per heavy atom. The zero-order valence-corrected chi connectivity index (χ0v) is 9.72. The Labute approximate surface area is 96.1 Å². The van der Waals surface area contributed by atoms with Crippen LogP contribution in [0.4, 0.5) is 0 Å². The average molecular weight is 232 g/mol. The van der Waals surface area contributed by atoms with E-state index in [1.165, 1.54) is 32.1 Å². The molecule has 0 spiro atoms. The summed E-state index contributed by atoms with van der Waals surface area (Å²) in [6.45, 7) is 0.0636. The summed E-state index contributed by atoms with van der Waals surface area (Å²) in [4.78, 5) is 0. The molecule has 0 aromatic carbocycles. The number of aliphatic hydroxyl groups excluding tert-OH is 2. The molecule has 15 heavy (non-hydrogen) atoms. The summed E-state index contributed by atoms with van der Waals surface area (Å²) < 4.78 is 0. The van der Waals surface area contributed by atoms with Gasteiger partial charge in [-0.2, -0.15) is 0 Å². The maximum atomic E-state index is 9.11. The van der Waals surface area contributed by atoms with E-state index < -0.39 is 6.10 Å². The van der Waals surface area contributed by atoms with Gasteiger partial charge in [0.2, 0.25) is 0 Å². The molecule has 0 aliphatic heterocycles. The number of nitrogens with one attached hydrogen (secondary N) is 2. The van der Waals surface area contributed by atoms with Gasteiger partial charge in [-0.1, -0.05) is 19.3 Å². The fraction of sp³-hybridized carbons (Fsp3) is 0.900. The van der Waals surface area contributed by atoms with E-state index in [4.69, 9.17) is 22.4 Å². The summed E-state index contributed by atoms with van der Waals surface area (Å²) in [6.07, 6.45) is 5.45. The van der Waals surface area contributed by atoms with Gasteiger partial charge in [0, 0.05) is 12.6 Å². The molecule has 5 heteroatoms. The molecule has 1 rings (SSSR count). The molecular formula is C10H20N2O2S. The molecule has 0 unspecified atom stereocenters. The fourth-order valence-electron chi connectivity index (χ4n) is 1.76. The van der Waals surface area contributed by atoms with Gasteiger partial charge in [0.25, 0.3) is 0 Å². The largest absolute Gasteiger partial charge is 0.394 e. The number of hydrogen-bond acceptors (Lipinski definition) is 3. The average Bonchev–Trinajstić information content (AvgIpc) is 2.27. The highest BCUT2D eigenvalue weighted by molar-refractivity contribution is 7.80. The van der Waals surface area contributed by atoms with E-state index in [1.54, 1.807) is 0 Å². The molecule has 0 aromatic rings. The minimum Gasteiger partial charge on any atom is -0.394 e. The monoisotopic (exact) mass is 232 g/mol. The Morgan fingerprint density at radius 2 is 2.00 bits per heavy atom. The van der Waals surface area contributed by atoms with E-state index in [1.807, 2.05) is 0 Å². The summed E-state index contributed by atoms with van der Waals surface area (Å²) in [5.41, 5.74) is 0. The molecule has 4 N–H and O–H groups in total. The fourth-order valence-corrected chi connectivity index (χ4v) is 2.01. The van der Waals surface area contributed by atoms with Crippen molar-refractivity contribution in [3.05, 3.63) is 0 Å². The topological polar surface area (TPSA) is 64.5 Å². The van der Waals surface area contributed by atoms with E-state index in [0.717, 1.165) is 0 Å². The van der Waals surface area contributed by atoms with Gasteiger partial charge in [-0.3, -0.25) is 0 Å². The molecule has 0 aromatic heterocycles. The van der Waals surface area contributed by atoms with E-state index in [0.29, 0.717) is 17.7 Å². The predicted octanol–water partition coefficient (Wildman–Crippen LogP) is 0.136. The summed E-state index contributed by atoms with van der Waals surface area (Å²) >= 11 is 5.09. The van der Waals surface area contributed by atoms with Crippen molar-refractivity contribution in [2.45, 2.75) is 44.2 Å². The van der Waals surface area contributed by atoms with E-state index in [9.17, 15) is 0 Å². The van der Waals surface area contributed by atoms with E-state index >= 15 is 0 Å². The van der Waals surface area contributed by atoms with Crippen LogP contribution in [0, 0.1) is 0 Å². The summed E-state index contributed by atoms with van der Waals surface area (Å²) in [7, 11) is 0. The molecule has 0 amide bonds. The second-order valence-electron chi connectivity index (χ2n) is 4.03. The van der Waals surface area contributed by atoms with Gasteiger partial charge in [0.1, 0.15) is 0 Å². The van der Waals surface area contributed by atoms with Crippen molar-refractivity contribution >= 4 is 17.3 Å². The number of rotatable bonds is 4. The van der Waals surface area contributed by atoms with Crippen molar-refractivity contribution in [2.75, 3.05) is 13.2 Å². The summed E-state index contributed by atoms with van der Waals surface area (Å²) in [5, 5.41) is 24.4. The lowest BCUT2D eigenvalue weighted by Crippen LogP contribution is -2.45. The highest BCUT2D eigenvalue weighted by Gasteiger charge is 2.13. The van der Waals surface area contributed by atoms with Crippen LogP contribution in [0.1, 0.15) is 32.1 Å². The van der Waals surface area contributed by atoms with Crippen LogP contribution in [0.15, 0.2) is 0 Å². The molecule has 0 bridgehead atoms. The van der Waals surface area contributed by atoms with Crippen LogP contribution in [0.2, 0.25) is 0 Å². The molecule has 1 fully saturated rings. The molecular weight excluding hydrogens is 212 g/mol. The van der Waals surface area contributed by atoms with Gasteiger partial charge >= 0.3 is 0 Å². The molecule has 0 saturated heterocycles. The van der Waals surface area contributed by atoms with E-state index in [-0.39, 0.29) is 6.61 Å². The van der Waals surface area contributed by atoms with Crippen molar-refractivity contribution in [3.8, 4) is 0 Å². The van der Waals surface area contributed by atoms with Crippen molar-refractivity contribution < 1.29 is 10.2 Å². The second-order valence-corrected chi connectivity index (χ2v) is 4.43. The SMILES string of the molecule is OC[C@H](O)CNC(=S)NC1CCCCC1. The second kappa shape index (κ2) is 6.98. The van der Waals surface area contributed by atoms with Crippen molar-refractivity contribution in [1.82, 2.24) is 10.6 Å². The summed E-state index contributed by atoms with van der Waals surface area (Å²) in [6, 6.07) is 0.477. The van der Waals surface area contributed by atoms with Crippen LogP contribution >= 0.6 is 12.2 Å². The minimum atomic E-state index is -0.740. The lowest BCUT2D eigenvalue weighted by Gasteiger charge is -2.24. The smallest absolute Gasteiger partial charge is 0.166 e. The van der Waals surface area contributed by atoms with Crippen molar-refractivity contribution in [3.63, 3.8) is 0 Å². The zero-order valence-electron chi connectivity index (χ0n) is 8.91. The standard InChI is InChI=1S/C10H20N2O2S/c13-7-9(14)6-11-10(15)12-8-4-2-1-3-5-8/h8-9,13-14H,1-7H2,(H2,11,12,15)/t9-/m1/s1. The van der Waals surface area contributed by atoms with Gasteiger partial charge < -0.3 is 20.8 Å². The molecule has 88 valence electrons. The van der Waals surface area contributed by atoms with Crippen molar-refractivity contribution in [2.24, 2.45) is 0 Å². The van der Waals surface area contributed by atoms with Gasteiger partial charge in [-0.15, -0.1) is 0 Å². The summed E-state index contributed by atoms with van der Waals surface area (Å²) in [5.74, 6) is 0. The van der Waals surface area contributed by atoms with Gasteiger partial charge in [-0.05, 0) is 25.1 Å². The Balaban J connectivity index is 2.11. The Kier molecular flexibility index (Phi) is 5.90. The predicted molar refractivity (Wildman–Crippen MR) is 63.7 cm³/mol. The third kappa shape index (κ3) is 5.30. The Hall–Kier alpha value is -0.390. The highest BCUT2D eigenvalue weighted by Crippen LogP contribution is 2.17. The van der Waals surface area contributed by atoms with Gasteiger partial charge in [-0.25, -0.2) is 0 Å². The first-order valence-electron chi connectivity index (χ1n) is 5.55. The Bertz CT molecular complexity index is 196. The van der Waals surface area contributed by atoms with Crippen molar-refractivity contribution in [1.29, 1.82) is 0 Å². The molecule has 0 radical (unpaired) electrons. The van der Waals surface area contributed by atoms with Crippen LogP contribution < -0.4 is 10.6 Å². The first-order valence-corrected chi connectivity index (χ1v) is 5.96. The van der Waals surface area contributed by atoms with Crippen LogP contribution in [0.25, 0.3) is 0 Å². The number of aliphatic hydroxyl groups is 2. The third-order valence-corrected chi connectivity index (χ3v) is 2.91. The lowest BCUT2D eigenvalue weighted by atomic mass is 9.96. The molecule has 1 atom stereocenters. The molecule has 1 aliphatic rings. The van der Waals surface area contributed by atoms with E-state index in [2.05, 4.69) is 10.6 Å². The Morgan fingerprint density at radius 3 is 2.60 bits per heavy atom. The molecule has 1 saturated carbocycles.